The second-order valence-corrected chi connectivity index (χ2v) is 3.35. The number of pyridine rings is 1. The van der Waals surface area contributed by atoms with Crippen LogP contribution in [0.3, 0.4) is 0 Å². The molecule has 0 aliphatic carbocycles. The summed E-state index contributed by atoms with van der Waals surface area (Å²) in [6.07, 6.45) is 0. The number of aromatic nitrogens is 1. The van der Waals surface area contributed by atoms with E-state index in [0.29, 0.717) is 5.56 Å². The number of benzene rings is 1. The van der Waals surface area contributed by atoms with Gasteiger partial charge in [-0.2, -0.15) is 4.39 Å². The monoisotopic (exact) mass is 232 g/mol. The Morgan fingerprint density at radius 1 is 1.18 bits per heavy atom. The van der Waals surface area contributed by atoms with E-state index in [1.165, 1.54) is 42.5 Å². The Morgan fingerprint density at radius 3 is 2.53 bits per heavy atom. The maximum atomic E-state index is 12.8. The number of halogens is 1. The predicted molar refractivity (Wildman–Crippen MR) is 60.3 cm³/mol. The van der Waals surface area contributed by atoms with E-state index < -0.39 is 11.9 Å². The number of anilines is 1. The number of nitrogens with zero attached hydrogens (tertiary/aromatic N) is 1. The van der Waals surface area contributed by atoms with Gasteiger partial charge in [-0.1, -0.05) is 6.07 Å². The molecule has 0 saturated heterocycles. The Kier molecular flexibility index (Phi) is 3.00. The molecule has 86 valence electrons. The highest BCUT2D eigenvalue weighted by Crippen LogP contribution is 2.11. The van der Waals surface area contributed by atoms with Gasteiger partial charge in [0.05, 0.1) is 0 Å². The molecule has 0 spiro atoms. The largest absolute Gasteiger partial charge is 0.508 e. The van der Waals surface area contributed by atoms with Crippen LogP contribution in [0.25, 0.3) is 0 Å². The lowest BCUT2D eigenvalue weighted by Crippen LogP contribution is -2.12. The van der Waals surface area contributed by atoms with Crippen molar-refractivity contribution in [1.82, 2.24) is 4.98 Å². The molecule has 1 amide bonds. The van der Waals surface area contributed by atoms with Crippen LogP contribution in [0.15, 0.2) is 42.5 Å². The summed E-state index contributed by atoms with van der Waals surface area (Å²) in [5.41, 5.74) is 0.355. The van der Waals surface area contributed by atoms with Gasteiger partial charge in [0.25, 0.3) is 5.91 Å². The fourth-order valence-corrected chi connectivity index (χ4v) is 1.28. The topological polar surface area (TPSA) is 62.2 Å². The lowest BCUT2D eigenvalue weighted by Gasteiger charge is -2.04. The molecule has 0 atom stereocenters. The second-order valence-electron chi connectivity index (χ2n) is 3.35. The zero-order chi connectivity index (χ0) is 12.3. The van der Waals surface area contributed by atoms with E-state index in [2.05, 4.69) is 10.3 Å². The molecule has 2 N–H and O–H groups in total. The van der Waals surface area contributed by atoms with Crippen LogP contribution in [0.2, 0.25) is 0 Å². The summed E-state index contributed by atoms with van der Waals surface area (Å²) in [7, 11) is 0. The zero-order valence-electron chi connectivity index (χ0n) is 8.72. The van der Waals surface area contributed by atoms with Crippen molar-refractivity contribution in [2.24, 2.45) is 0 Å². The van der Waals surface area contributed by atoms with Gasteiger partial charge in [-0.05, 0) is 36.4 Å². The number of aromatic hydroxyl groups is 1. The van der Waals surface area contributed by atoms with Crippen molar-refractivity contribution < 1.29 is 14.3 Å². The normalized spacial score (nSPS) is 9.94. The molecule has 0 bridgehead atoms. The molecule has 1 aromatic carbocycles. The zero-order valence-corrected chi connectivity index (χ0v) is 8.72. The Hall–Kier alpha value is -2.43. The molecule has 5 heteroatoms. The lowest BCUT2D eigenvalue weighted by molar-refractivity contribution is 0.102. The van der Waals surface area contributed by atoms with Crippen LogP contribution < -0.4 is 5.32 Å². The van der Waals surface area contributed by atoms with E-state index in [9.17, 15) is 9.18 Å². The lowest BCUT2D eigenvalue weighted by atomic mass is 10.2. The molecule has 0 aliphatic rings. The minimum Gasteiger partial charge on any atom is -0.508 e. The minimum absolute atomic E-state index is 0.0745. The van der Waals surface area contributed by atoms with E-state index >= 15 is 0 Å². The Labute approximate surface area is 96.7 Å². The summed E-state index contributed by atoms with van der Waals surface area (Å²) < 4.78 is 12.8. The first-order chi connectivity index (χ1) is 8.15. The van der Waals surface area contributed by atoms with E-state index in [-0.39, 0.29) is 11.6 Å². The van der Waals surface area contributed by atoms with Crippen LogP contribution in [-0.4, -0.2) is 16.0 Å². The van der Waals surface area contributed by atoms with Gasteiger partial charge in [0.15, 0.2) is 0 Å². The third-order valence-electron chi connectivity index (χ3n) is 2.09. The van der Waals surface area contributed by atoms with E-state index in [4.69, 9.17) is 5.11 Å². The molecule has 0 unspecified atom stereocenters. The SMILES string of the molecule is O=C(Nc1cccc(F)n1)c1ccc(O)cc1. The molecular weight excluding hydrogens is 223 g/mol. The van der Waals surface area contributed by atoms with Crippen LogP contribution in [0.4, 0.5) is 10.2 Å². The van der Waals surface area contributed by atoms with Crippen molar-refractivity contribution >= 4 is 11.7 Å². The summed E-state index contributed by atoms with van der Waals surface area (Å²) in [6.45, 7) is 0. The first-order valence-electron chi connectivity index (χ1n) is 4.88. The fraction of sp³-hybridized carbons (Fsp3) is 0. The van der Waals surface area contributed by atoms with Crippen LogP contribution in [0.5, 0.6) is 5.75 Å². The van der Waals surface area contributed by atoms with Crippen LogP contribution >= 0.6 is 0 Å². The van der Waals surface area contributed by atoms with Crippen LogP contribution in [0.1, 0.15) is 10.4 Å². The number of carbonyl (C=O) groups is 1. The van der Waals surface area contributed by atoms with Gasteiger partial charge in [-0.3, -0.25) is 4.79 Å². The number of hydrogen-bond acceptors (Lipinski definition) is 3. The standard InChI is InChI=1S/C12H9FN2O2/c13-10-2-1-3-11(14-10)15-12(17)8-4-6-9(16)7-5-8/h1-7,16H,(H,14,15,17). The van der Waals surface area contributed by atoms with Crippen molar-refractivity contribution in [3.8, 4) is 5.75 Å². The van der Waals surface area contributed by atoms with Crippen molar-refractivity contribution in [3.63, 3.8) is 0 Å². The number of carbonyl (C=O) groups excluding carboxylic acids is 1. The van der Waals surface area contributed by atoms with Crippen LogP contribution in [-0.2, 0) is 0 Å². The van der Waals surface area contributed by atoms with Gasteiger partial charge < -0.3 is 10.4 Å². The highest BCUT2D eigenvalue weighted by Gasteiger charge is 2.06. The maximum Gasteiger partial charge on any atom is 0.256 e. The van der Waals surface area contributed by atoms with Crippen molar-refractivity contribution in [3.05, 3.63) is 54.0 Å². The van der Waals surface area contributed by atoms with Gasteiger partial charge in [-0.15, -0.1) is 0 Å². The molecule has 4 nitrogen and oxygen atoms in total. The quantitative estimate of drug-likeness (QED) is 0.780. The average molecular weight is 232 g/mol. The number of hydrogen-bond donors (Lipinski definition) is 2. The van der Waals surface area contributed by atoms with E-state index in [0.717, 1.165) is 0 Å². The third kappa shape index (κ3) is 2.78. The molecule has 0 radical (unpaired) electrons. The molecule has 17 heavy (non-hydrogen) atoms. The number of phenols is 1. The number of amides is 1. The fourth-order valence-electron chi connectivity index (χ4n) is 1.28. The first kappa shape index (κ1) is 11.1. The summed E-state index contributed by atoms with van der Waals surface area (Å²) >= 11 is 0. The summed E-state index contributed by atoms with van der Waals surface area (Å²) in [5.74, 6) is -0.856. The molecule has 1 aromatic heterocycles. The highest BCUT2D eigenvalue weighted by molar-refractivity contribution is 6.03. The third-order valence-corrected chi connectivity index (χ3v) is 2.09. The summed E-state index contributed by atoms with van der Waals surface area (Å²) in [4.78, 5) is 15.2. The van der Waals surface area contributed by atoms with Crippen molar-refractivity contribution in [2.45, 2.75) is 0 Å². The molecule has 2 rings (SSSR count). The molecule has 1 heterocycles. The first-order valence-corrected chi connectivity index (χ1v) is 4.88. The predicted octanol–water partition coefficient (Wildman–Crippen LogP) is 2.18. The number of rotatable bonds is 2. The Bertz CT molecular complexity index is 540. The Balaban J connectivity index is 2.14. The molecule has 0 aliphatic heterocycles. The van der Waals surface area contributed by atoms with Crippen LogP contribution in [0, 0.1) is 5.95 Å². The smallest absolute Gasteiger partial charge is 0.256 e. The number of nitrogens with one attached hydrogen (secondary N) is 1. The molecule has 0 saturated carbocycles. The van der Waals surface area contributed by atoms with Gasteiger partial charge in [0.1, 0.15) is 11.6 Å². The molecule has 0 fully saturated rings. The highest BCUT2D eigenvalue weighted by atomic mass is 19.1. The molecule has 2 aromatic rings. The van der Waals surface area contributed by atoms with E-state index in [1.54, 1.807) is 0 Å². The van der Waals surface area contributed by atoms with Gasteiger partial charge in [0, 0.05) is 5.56 Å². The van der Waals surface area contributed by atoms with Gasteiger partial charge in [-0.25, -0.2) is 4.98 Å². The average Bonchev–Trinajstić information content (AvgIpc) is 2.29. The Morgan fingerprint density at radius 2 is 1.88 bits per heavy atom. The molecular formula is C12H9FN2O2. The van der Waals surface area contributed by atoms with Crippen molar-refractivity contribution in [1.29, 1.82) is 0 Å². The maximum absolute atomic E-state index is 12.8. The minimum atomic E-state index is -0.659. The van der Waals surface area contributed by atoms with E-state index in [1.807, 2.05) is 0 Å². The van der Waals surface area contributed by atoms with Gasteiger partial charge in [0.2, 0.25) is 5.95 Å². The summed E-state index contributed by atoms with van der Waals surface area (Å²) in [5, 5.41) is 11.5. The van der Waals surface area contributed by atoms with Gasteiger partial charge >= 0.3 is 0 Å². The number of phenolic OH excluding ortho intramolecular Hbond substituents is 1. The summed E-state index contributed by atoms with van der Waals surface area (Å²) in [6, 6.07) is 9.85. The van der Waals surface area contributed by atoms with Crippen molar-refractivity contribution in [2.75, 3.05) is 5.32 Å². The second kappa shape index (κ2) is 4.61.